The molecule has 1 heterocycles. The SMILES string of the molecule is COc1ccc(C(C)NCc2ccncn2)cc1Br. The molecule has 100 valence electrons. The first kappa shape index (κ1) is 14.0. The van der Waals surface area contributed by atoms with E-state index in [2.05, 4.69) is 50.3 Å². The Kier molecular flexibility index (Phi) is 4.87. The summed E-state index contributed by atoms with van der Waals surface area (Å²) in [4.78, 5) is 8.09. The minimum absolute atomic E-state index is 0.233. The minimum Gasteiger partial charge on any atom is -0.496 e. The lowest BCUT2D eigenvalue weighted by Crippen LogP contribution is -2.18. The fraction of sp³-hybridized carbons (Fsp3) is 0.286. The molecule has 2 rings (SSSR count). The van der Waals surface area contributed by atoms with Gasteiger partial charge in [0.05, 0.1) is 17.3 Å². The zero-order chi connectivity index (χ0) is 13.7. The van der Waals surface area contributed by atoms with Gasteiger partial charge in [-0.25, -0.2) is 9.97 Å². The van der Waals surface area contributed by atoms with Crippen LogP contribution in [-0.4, -0.2) is 17.1 Å². The maximum atomic E-state index is 5.22. The van der Waals surface area contributed by atoms with Crippen molar-refractivity contribution in [2.75, 3.05) is 7.11 Å². The van der Waals surface area contributed by atoms with Crippen molar-refractivity contribution in [3.8, 4) is 5.75 Å². The van der Waals surface area contributed by atoms with Crippen LogP contribution >= 0.6 is 15.9 Å². The fourth-order valence-electron chi connectivity index (χ4n) is 1.75. The molecule has 1 aromatic heterocycles. The highest BCUT2D eigenvalue weighted by Crippen LogP contribution is 2.27. The lowest BCUT2D eigenvalue weighted by atomic mass is 10.1. The molecule has 0 aliphatic heterocycles. The topological polar surface area (TPSA) is 47.0 Å². The summed E-state index contributed by atoms with van der Waals surface area (Å²) in [6, 6.07) is 8.22. The second-order valence-corrected chi connectivity index (χ2v) is 5.05. The third-order valence-electron chi connectivity index (χ3n) is 2.91. The van der Waals surface area contributed by atoms with Crippen LogP contribution in [-0.2, 0) is 6.54 Å². The van der Waals surface area contributed by atoms with Crippen LogP contribution in [0.2, 0.25) is 0 Å². The summed E-state index contributed by atoms with van der Waals surface area (Å²) in [5.41, 5.74) is 2.18. The first-order valence-corrected chi connectivity index (χ1v) is 6.81. The molecule has 0 fully saturated rings. The Morgan fingerprint density at radius 1 is 1.37 bits per heavy atom. The molecule has 0 spiro atoms. The molecule has 0 aliphatic rings. The quantitative estimate of drug-likeness (QED) is 0.919. The van der Waals surface area contributed by atoms with Crippen LogP contribution < -0.4 is 10.1 Å². The molecule has 0 saturated heterocycles. The molecule has 1 unspecified atom stereocenters. The van der Waals surface area contributed by atoms with Crippen molar-refractivity contribution in [1.29, 1.82) is 0 Å². The maximum Gasteiger partial charge on any atom is 0.133 e. The summed E-state index contributed by atoms with van der Waals surface area (Å²) in [5.74, 6) is 0.840. The van der Waals surface area contributed by atoms with Gasteiger partial charge in [0, 0.05) is 18.8 Å². The molecule has 1 N–H and O–H groups in total. The maximum absolute atomic E-state index is 5.22. The highest BCUT2D eigenvalue weighted by Gasteiger charge is 2.08. The second kappa shape index (κ2) is 6.63. The van der Waals surface area contributed by atoms with Crippen LogP contribution in [0.4, 0.5) is 0 Å². The highest BCUT2D eigenvalue weighted by molar-refractivity contribution is 9.10. The van der Waals surface area contributed by atoms with Crippen LogP contribution in [0.5, 0.6) is 5.75 Å². The predicted octanol–water partition coefficient (Wildman–Crippen LogP) is 3.10. The van der Waals surface area contributed by atoms with Gasteiger partial charge in [-0.05, 0) is 46.6 Å². The normalized spacial score (nSPS) is 12.2. The predicted molar refractivity (Wildman–Crippen MR) is 78.0 cm³/mol. The van der Waals surface area contributed by atoms with Crippen LogP contribution in [0.3, 0.4) is 0 Å². The van der Waals surface area contributed by atoms with Gasteiger partial charge in [-0.3, -0.25) is 0 Å². The van der Waals surface area contributed by atoms with E-state index in [1.54, 1.807) is 19.6 Å². The average Bonchev–Trinajstić information content (AvgIpc) is 2.45. The monoisotopic (exact) mass is 321 g/mol. The highest BCUT2D eigenvalue weighted by atomic mass is 79.9. The summed E-state index contributed by atoms with van der Waals surface area (Å²) in [6.07, 6.45) is 3.31. The van der Waals surface area contributed by atoms with Gasteiger partial charge in [-0.15, -0.1) is 0 Å². The summed E-state index contributed by atoms with van der Waals surface area (Å²) in [7, 11) is 1.66. The summed E-state index contributed by atoms with van der Waals surface area (Å²) in [6.45, 7) is 2.84. The van der Waals surface area contributed by atoms with Gasteiger partial charge in [0.1, 0.15) is 12.1 Å². The first-order chi connectivity index (χ1) is 9.20. The van der Waals surface area contributed by atoms with E-state index >= 15 is 0 Å². The number of halogens is 1. The molecule has 1 aromatic carbocycles. The van der Waals surface area contributed by atoms with Gasteiger partial charge in [-0.1, -0.05) is 6.07 Å². The lowest BCUT2D eigenvalue weighted by molar-refractivity contribution is 0.411. The summed E-state index contributed by atoms with van der Waals surface area (Å²) < 4.78 is 6.19. The minimum atomic E-state index is 0.233. The van der Waals surface area contributed by atoms with Crippen LogP contribution in [0.15, 0.2) is 41.3 Å². The molecule has 5 heteroatoms. The number of methoxy groups -OCH3 is 1. The molecule has 1 atom stereocenters. The zero-order valence-electron chi connectivity index (χ0n) is 10.9. The number of rotatable bonds is 5. The van der Waals surface area contributed by atoms with Gasteiger partial charge >= 0.3 is 0 Å². The van der Waals surface area contributed by atoms with Crippen molar-refractivity contribution >= 4 is 15.9 Å². The van der Waals surface area contributed by atoms with Gasteiger partial charge in [0.15, 0.2) is 0 Å². The number of hydrogen-bond acceptors (Lipinski definition) is 4. The van der Waals surface area contributed by atoms with E-state index in [9.17, 15) is 0 Å². The largest absolute Gasteiger partial charge is 0.496 e. The Hall–Kier alpha value is -1.46. The molecular formula is C14H16BrN3O. The van der Waals surface area contributed by atoms with Crippen molar-refractivity contribution in [3.05, 3.63) is 52.5 Å². The van der Waals surface area contributed by atoms with E-state index in [0.717, 1.165) is 15.9 Å². The number of nitrogens with one attached hydrogen (secondary N) is 1. The van der Waals surface area contributed by atoms with Crippen LogP contribution in [0.1, 0.15) is 24.2 Å². The van der Waals surface area contributed by atoms with E-state index in [1.165, 1.54) is 5.56 Å². The van der Waals surface area contributed by atoms with Gasteiger partial charge in [-0.2, -0.15) is 0 Å². The molecule has 0 amide bonds. The molecule has 0 radical (unpaired) electrons. The molecule has 0 aliphatic carbocycles. The van der Waals surface area contributed by atoms with E-state index < -0.39 is 0 Å². The van der Waals surface area contributed by atoms with Gasteiger partial charge < -0.3 is 10.1 Å². The number of aromatic nitrogens is 2. The Morgan fingerprint density at radius 2 is 2.21 bits per heavy atom. The van der Waals surface area contributed by atoms with E-state index in [-0.39, 0.29) is 6.04 Å². The fourth-order valence-corrected chi connectivity index (χ4v) is 2.31. The summed E-state index contributed by atoms with van der Waals surface area (Å²) >= 11 is 3.50. The van der Waals surface area contributed by atoms with Crippen molar-refractivity contribution < 1.29 is 4.74 Å². The molecular weight excluding hydrogens is 306 g/mol. The Bertz CT molecular complexity index is 533. The first-order valence-electron chi connectivity index (χ1n) is 6.02. The van der Waals surface area contributed by atoms with Crippen LogP contribution in [0, 0.1) is 0 Å². The van der Waals surface area contributed by atoms with Crippen molar-refractivity contribution in [2.45, 2.75) is 19.5 Å². The van der Waals surface area contributed by atoms with Crippen molar-refractivity contribution in [1.82, 2.24) is 15.3 Å². The average molecular weight is 322 g/mol. The molecule has 2 aromatic rings. The van der Waals surface area contributed by atoms with Crippen LogP contribution in [0.25, 0.3) is 0 Å². The van der Waals surface area contributed by atoms with Gasteiger partial charge in [0.25, 0.3) is 0 Å². The Morgan fingerprint density at radius 3 is 2.84 bits per heavy atom. The Labute approximate surface area is 121 Å². The molecule has 19 heavy (non-hydrogen) atoms. The summed E-state index contributed by atoms with van der Waals surface area (Å²) in [5, 5.41) is 3.43. The van der Waals surface area contributed by atoms with E-state index in [4.69, 9.17) is 4.74 Å². The molecule has 4 nitrogen and oxygen atoms in total. The van der Waals surface area contributed by atoms with Crippen molar-refractivity contribution in [2.24, 2.45) is 0 Å². The van der Waals surface area contributed by atoms with E-state index in [1.807, 2.05) is 12.1 Å². The molecule has 0 bridgehead atoms. The number of hydrogen-bond donors (Lipinski definition) is 1. The third kappa shape index (κ3) is 3.75. The third-order valence-corrected chi connectivity index (χ3v) is 3.53. The zero-order valence-corrected chi connectivity index (χ0v) is 12.5. The smallest absolute Gasteiger partial charge is 0.133 e. The van der Waals surface area contributed by atoms with E-state index in [0.29, 0.717) is 6.54 Å². The number of benzene rings is 1. The number of ether oxygens (including phenoxy) is 1. The van der Waals surface area contributed by atoms with Crippen molar-refractivity contribution in [3.63, 3.8) is 0 Å². The second-order valence-electron chi connectivity index (χ2n) is 4.20. The van der Waals surface area contributed by atoms with Gasteiger partial charge in [0.2, 0.25) is 0 Å². The molecule has 0 saturated carbocycles. The Balaban J connectivity index is 2.00. The lowest BCUT2D eigenvalue weighted by Gasteiger charge is -2.15. The standard InChI is InChI=1S/C14H16BrN3O/c1-10(17-8-12-5-6-16-9-18-12)11-3-4-14(19-2)13(15)7-11/h3-7,9-10,17H,8H2,1-2H3. The number of nitrogens with zero attached hydrogens (tertiary/aromatic N) is 2.